The normalized spacial score (nSPS) is 11.5. The standard InChI is InChI=1S/C14H15N3O/c1-4-12(18)13-9(2)15-14-16(3)10-7-5-6-8-11(10)17(13)14/h5-8H,4H2,1-3H3. The fourth-order valence-electron chi connectivity index (χ4n) is 2.51. The van der Waals surface area contributed by atoms with E-state index in [9.17, 15) is 4.79 Å². The Balaban J connectivity index is 2.53. The maximum atomic E-state index is 12.1. The Hall–Kier alpha value is -2.10. The summed E-state index contributed by atoms with van der Waals surface area (Å²) in [6.07, 6.45) is 0.498. The smallest absolute Gasteiger partial charge is 0.215 e. The number of carbonyl (C=O) groups is 1. The Morgan fingerprint density at radius 3 is 2.61 bits per heavy atom. The predicted molar refractivity (Wildman–Crippen MR) is 71.0 cm³/mol. The van der Waals surface area contributed by atoms with Gasteiger partial charge < -0.3 is 4.57 Å². The Bertz CT molecular complexity index is 764. The third kappa shape index (κ3) is 1.26. The lowest BCUT2D eigenvalue weighted by Gasteiger charge is -1.99. The van der Waals surface area contributed by atoms with E-state index in [2.05, 4.69) is 4.98 Å². The van der Waals surface area contributed by atoms with E-state index in [1.807, 2.05) is 54.1 Å². The van der Waals surface area contributed by atoms with Crippen LogP contribution in [0.25, 0.3) is 16.8 Å². The quantitative estimate of drug-likeness (QED) is 0.647. The van der Waals surface area contributed by atoms with Crippen molar-refractivity contribution in [3.8, 4) is 0 Å². The van der Waals surface area contributed by atoms with Crippen LogP contribution in [0.1, 0.15) is 29.5 Å². The van der Waals surface area contributed by atoms with Crippen molar-refractivity contribution in [3.63, 3.8) is 0 Å². The van der Waals surface area contributed by atoms with Crippen LogP contribution in [0.3, 0.4) is 0 Å². The summed E-state index contributed by atoms with van der Waals surface area (Å²) < 4.78 is 3.99. The Morgan fingerprint density at radius 1 is 1.28 bits per heavy atom. The van der Waals surface area contributed by atoms with E-state index < -0.39 is 0 Å². The molecule has 0 bridgehead atoms. The maximum Gasteiger partial charge on any atom is 0.215 e. The summed E-state index contributed by atoms with van der Waals surface area (Å²) in [5, 5.41) is 0. The molecule has 3 rings (SSSR count). The zero-order valence-electron chi connectivity index (χ0n) is 10.8. The average Bonchev–Trinajstić information content (AvgIpc) is 2.86. The van der Waals surface area contributed by atoms with Crippen molar-refractivity contribution in [2.45, 2.75) is 20.3 Å². The fourth-order valence-corrected chi connectivity index (χ4v) is 2.51. The molecule has 1 aromatic carbocycles. The van der Waals surface area contributed by atoms with Gasteiger partial charge in [0.15, 0.2) is 5.78 Å². The van der Waals surface area contributed by atoms with Crippen molar-refractivity contribution in [2.24, 2.45) is 7.05 Å². The van der Waals surface area contributed by atoms with Crippen LogP contribution in [-0.4, -0.2) is 19.7 Å². The number of ketones is 1. The van der Waals surface area contributed by atoms with E-state index in [4.69, 9.17) is 0 Å². The zero-order valence-corrected chi connectivity index (χ0v) is 10.8. The second kappa shape index (κ2) is 3.70. The number of carbonyl (C=O) groups excluding carboxylic acids is 1. The van der Waals surface area contributed by atoms with Gasteiger partial charge in [0.1, 0.15) is 5.69 Å². The Labute approximate surface area is 105 Å². The van der Waals surface area contributed by atoms with Crippen LogP contribution in [0.5, 0.6) is 0 Å². The summed E-state index contributed by atoms with van der Waals surface area (Å²) in [5.74, 6) is 0.960. The van der Waals surface area contributed by atoms with Crippen LogP contribution in [0, 0.1) is 6.92 Å². The van der Waals surface area contributed by atoms with E-state index in [1.165, 1.54) is 0 Å². The molecule has 0 spiro atoms. The van der Waals surface area contributed by atoms with Gasteiger partial charge in [-0.25, -0.2) is 4.98 Å². The molecule has 92 valence electrons. The lowest BCUT2D eigenvalue weighted by Crippen LogP contribution is -2.03. The molecule has 0 radical (unpaired) electrons. The minimum absolute atomic E-state index is 0.136. The van der Waals surface area contributed by atoms with Crippen LogP contribution in [0.2, 0.25) is 0 Å². The number of Topliss-reactive ketones (excluding diaryl/α,β-unsaturated/α-hetero) is 1. The molecule has 4 nitrogen and oxygen atoms in total. The zero-order chi connectivity index (χ0) is 12.9. The van der Waals surface area contributed by atoms with E-state index >= 15 is 0 Å². The van der Waals surface area contributed by atoms with Gasteiger partial charge in [0.2, 0.25) is 5.78 Å². The van der Waals surface area contributed by atoms with Crippen molar-refractivity contribution >= 4 is 22.6 Å². The lowest BCUT2D eigenvalue weighted by molar-refractivity contribution is 0.0982. The van der Waals surface area contributed by atoms with Crippen molar-refractivity contribution in [1.82, 2.24) is 14.0 Å². The van der Waals surface area contributed by atoms with E-state index in [1.54, 1.807) is 0 Å². The SMILES string of the molecule is CCC(=O)c1c(C)nc2n(C)c3ccccc3n12. The van der Waals surface area contributed by atoms with Gasteiger partial charge in [0, 0.05) is 13.5 Å². The monoisotopic (exact) mass is 241 g/mol. The topological polar surface area (TPSA) is 39.3 Å². The first-order valence-corrected chi connectivity index (χ1v) is 6.10. The third-order valence-corrected chi connectivity index (χ3v) is 3.40. The Morgan fingerprint density at radius 2 is 1.94 bits per heavy atom. The van der Waals surface area contributed by atoms with Crippen molar-refractivity contribution in [2.75, 3.05) is 0 Å². The first-order valence-electron chi connectivity index (χ1n) is 6.10. The summed E-state index contributed by atoms with van der Waals surface area (Å²) >= 11 is 0. The molecule has 0 aliphatic heterocycles. The van der Waals surface area contributed by atoms with Crippen LogP contribution in [0.4, 0.5) is 0 Å². The molecule has 0 fully saturated rings. The van der Waals surface area contributed by atoms with Crippen LogP contribution in [0.15, 0.2) is 24.3 Å². The molecule has 4 heteroatoms. The molecule has 0 saturated heterocycles. The molecule has 18 heavy (non-hydrogen) atoms. The third-order valence-electron chi connectivity index (χ3n) is 3.40. The lowest BCUT2D eigenvalue weighted by atomic mass is 10.2. The van der Waals surface area contributed by atoms with Crippen LogP contribution in [-0.2, 0) is 7.05 Å². The number of imidazole rings is 2. The summed E-state index contributed by atoms with van der Waals surface area (Å²) in [6, 6.07) is 8.04. The highest BCUT2D eigenvalue weighted by atomic mass is 16.1. The number of aromatic nitrogens is 3. The van der Waals surface area contributed by atoms with Gasteiger partial charge in [-0.1, -0.05) is 19.1 Å². The predicted octanol–water partition coefficient (Wildman–Crippen LogP) is 2.73. The summed E-state index contributed by atoms with van der Waals surface area (Å²) in [5.41, 5.74) is 3.64. The van der Waals surface area contributed by atoms with Crippen molar-refractivity contribution in [1.29, 1.82) is 0 Å². The fraction of sp³-hybridized carbons (Fsp3) is 0.286. The van der Waals surface area contributed by atoms with E-state index in [-0.39, 0.29) is 5.78 Å². The minimum atomic E-state index is 0.136. The number of benzene rings is 1. The first kappa shape index (κ1) is 11.0. The van der Waals surface area contributed by atoms with Gasteiger partial charge in [-0.15, -0.1) is 0 Å². The molecule has 2 heterocycles. The molecule has 0 amide bonds. The number of fused-ring (bicyclic) bond motifs is 3. The number of para-hydroxylation sites is 2. The molecule has 0 atom stereocenters. The molecule has 0 N–H and O–H groups in total. The van der Waals surface area contributed by atoms with Crippen LogP contribution < -0.4 is 0 Å². The summed E-state index contributed by atoms with van der Waals surface area (Å²) in [4.78, 5) is 16.6. The molecular formula is C14H15N3O. The summed E-state index contributed by atoms with van der Waals surface area (Å²) in [6.45, 7) is 3.77. The molecule has 0 aliphatic rings. The molecule has 0 unspecified atom stereocenters. The molecule has 2 aromatic heterocycles. The molecule has 0 saturated carbocycles. The highest BCUT2D eigenvalue weighted by molar-refractivity contribution is 5.98. The molecule has 0 aliphatic carbocycles. The minimum Gasteiger partial charge on any atom is -0.313 e. The highest BCUT2D eigenvalue weighted by Gasteiger charge is 2.19. The number of nitrogens with zero attached hydrogens (tertiary/aromatic N) is 3. The van der Waals surface area contributed by atoms with Crippen LogP contribution >= 0.6 is 0 Å². The van der Waals surface area contributed by atoms with E-state index in [0.717, 1.165) is 22.5 Å². The molecule has 3 aromatic rings. The number of aryl methyl sites for hydroxylation is 2. The average molecular weight is 241 g/mol. The summed E-state index contributed by atoms with van der Waals surface area (Å²) in [7, 11) is 1.98. The largest absolute Gasteiger partial charge is 0.313 e. The van der Waals surface area contributed by atoms with Crippen molar-refractivity contribution < 1.29 is 4.79 Å². The highest BCUT2D eigenvalue weighted by Crippen LogP contribution is 2.23. The van der Waals surface area contributed by atoms with Gasteiger partial charge in [0.05, 0.1) is 16.7 Å². The number of rotatable bonds is 2. The van der Waals surface area contributed by atoms with Gasteiger partial charge >= 0.3 is 0 Å². The van der Waals surface area contributed by atoms with Gasteiger partial charge in [-0.3, -0.25) is 9.20 Å². The van der Waals surface area contributed by atoms with Crippen molar-refractivity contribution in [3.05, 3.63) is 35.7 Å². The molecular weight excluding hydrogens is 226 g/mol. The van der Waals surface area contributed by atoms with E-state index in [0.29, 0.717) is 12.1 Å². The van der Waals surface area contributed by atoms with Gasteiger partial charge in [0.25, 0.3) is 0 Å². The second-order valence-electron chi connectivity index (χ2n) is 4.51. The van der Waals surface area contributed by atoms with Gasteiger partial charge in [-0.2, -0.15) is 0 Å². The number of hydrogen-bond acceptors (Lipinski definition) is 2. The first-order chi connectivity index (χ1) is 8.65. The Kier molecular flexibility index (Phi) is 2.26. The number of hydrogen-bond donors (Lipinski definition) is 0. The maximum absolute atomic E-state index is 12.1. The second-order valence-corrected chi connectivity index (χ2v) is 4.51. The van der Waals surface area contributed by atoms with Gasteiger partial charge in [-0.05, 0) is 19.1 Å².